The van der Waals surface area contributed by atoms with Crippen molar-refractivity contribution in [1.82, 2.24) is 4.98 Å². The van der Waals surface area contributed by atoms with Crippen molar-refractivity contribution in [2.24, 2.45) is 0 Å². The van der Waals surface area contributed by atoms with Gasteiger partial charge in [0.25, 0.3) is 0 Å². The van der Waals surface area contributed by atoms with E-state index in [-0.39, 0.29) is 6.61 Å². The molecule has 1 atom stereocenters. The summed E-state index contributed by atoms with van der Waals surface area (Å²) >= 11 is 0. The Hall–Kier alpha value is -1.94. The SMILES string of the molecule is CCOC(=O)C(O)c1ccc2cnccc2c1. The number of carbonyl (C=O) groups is 1. The number of nitrogens with zero attached hydrogens (tertiary/aromatic N) is 1. The minimum absolute atomic E-state index is 0.257. The summed E-state index contributed by atoms with van der Waals surface area (Å²) in [5, 5.41) is 11.7. The molecule has 0 fully saturated rings. The Morgan fingerprint density at radius 1 is 1.41 bits per heavy atom. The number of ether oxygens (including phenoxy) is 1. The molecule has 1 aromatic heterocycles. The van der Waals surface area contributed by atoms with Crippen molar-refractivity contribution in [3.63, 3.8) is 0 Å². The number of aliphatic hydroxyl groups is 1. The molecular formula is C13H13NO3. The van der Waals surface area contributed by atoms with Gasteiger partial charge in [0.05, 0.1) is 6.61 Å². The molecule has 4 heteroatoms. The Morgan fingerprint density at radius 3 is 3.00 bits per heavy atom. The molecule has 0 amide bonds. The molecule has 0 spiro atoms. The minimum atomic E-state index is -1.23. The average molecular weight is 231 g/mol. The van der Waals surface area contributed by atoms with E-state index in [1.807, 2.05) is 12.1 Å². The average Bonchev–Trinajstić information content (AvgIpc) is 2.37. The zero-order valence-corrected chi connectivity index (χ0v) is 9.46. The van der Waals surface area contributed by atoms with Crippen LogP contribution < -0.4 is 0 Å². The molecule has 88 valence electrons. The van der Waals surface area contributed by atoms with Gasteiger partial charge in [0.15, 0.2) is 6.10 Å². The maximum absolute atomic E-state index is 11.4. The summed E-state index contributed by atoms with van der Waals surface area (Å²) in [6.07, 6.45) is 2.17. The lowest BCUT2D eigenvalue weighted by Gasteiger charge is -2.10. The molecule has 1 heterocycles. The fraction of sp³-hybridized carbons (Fsp3) is 0.231. The van der Waals surface area contributed by atoms with Crippen LogP contribution in [0.15, 0.2) is 36.7 Å². The van der Waals surface area contributed by atoms with Gasteiger partial charge < -0.3 is 9.84 Å². The van der Waals surface area contributed by atoms with Gasteiger partial charge >= 0.3 is 5.97 Å². The third-order valence-corrected chi connectivity index (χ3v) is 2.49. The number of aliphatic hydroxyl groups excluding tert-OH is 1. The van der Waals surface area contributed by atoms with Crippen LogP contribution in [0.4, 0.5) is 0 Å². The summed E-state index contributed by atoms with van der Waals surface area (Å²) in [5.41, 5.74) is 0.530. The first kappa shape index (κ1) is 11.5. The summed E-state index contributed by atoms with van der Waals surface area (Å²) in [6.45, 7) is 1.96. The highest BCUT2D eigenvalue weighted by atomic mass is 16.5. The molecule has 0 aliphatic rings. The van der Waals surface area contributed by atoms with Gasteiger partial charge in [0.2, 0.25) is 0 Å². The second-order valence-electron chi connectivity index (χ2n) is 3.64. The number of esters is 1. The molecular weight excluding hydrogens is 218 g/mol. The van der Waals surface area contributed by atoms with Crippen LogP contribution in [0.1, 0.15) is 18.6 Å². The smallest absolute Gasteiger partial charge is 0.339 e. The van der Waals surface area contributed by atoms with Crippen molar-refractivity contribution < 1.29 is 14.6 Å². The second kappa shape index (κ2) is 4.93. The molecule has 0 aliphatic heterocycles. The molecule has 2 rings (SSSR count). The Morgan fingerprint density at radius 2 is 2.24 bits per heavy atom. The van der Waals surface area contributed by atoms with E-state index >= 15 is 0 Å². The summed E-state index contributed by atoms with van der Waals surface area (Å²) in [5.74, 6) is -0.624. The highest BCUT2D eigenvalue weighted by molar-refractivity contribution is 5.84. The van der Waals surface area contributed by atoms with Crippen molar-refractivity contribution in [3.05, 3.63) is 42.2 Å². The van der Waals surface area contributed by atoms with Crippen LogP contribution in [0.25, 0.3) is 10.8 Å². The molecule has 17 heavy (non-hydrogen) atoms. The van der Waals surface area contributed by atoms with Gasteiger partial charge in [-0.1, -0.05) is 12.1 Å². The van der Waals surface area contributed by atoms with Gasteiger partial charge in [0.1, 0.15) is 0 Å². The largest absolute Gasteiger partial charge is 0.464 e. The maximum atomic E-state index is 11.4. The maximum Gasteiger partial charge on any atom is 0.339 e. The quantitative estimate of drug-likeness (QED) is 0.819. The standard InChI is InChI=1S/C13H13NO3/c1-2-17-13(16)12(15)10-3-4-11-8-14-6-5-9(11)7-10/h3-8,12,15H,2H2,1H3. The van der Waals surface area contributed by atoms with Crippen molar-refractivity contribution in [2.45, 2.75) is 13.0 Å². The fourth-order valence-corrected chi connectivity index (χ4v) is 1.63. The molecule has 0 saturated heterocycles. The highest BCUT2D eigenvalue weighted by Gasteiger charge is 2.18. The van der Waals surface area contributed by atoms with Gasteiger partial charge in [-0.3, -0.25) is 4.98 Å². The van der Waals surface area contributed by atoms with E-state index in [1.54, 1.807) is 31.5 Å². The Bertz CT molecular complexity index is 539. The summed E-state index contributed by atoms with van der Waals surface area (Å²) in [6, 6.07) is 7.11. The van der Waals surface area contributed by atoms with Crippen LogP contribution in [0.3, 0.4) is 0 Å². The monoisotopic (exact) mass is 231 g/mol. The van der Waals surface area contributed by atoms with Crippen LogP contribution in [0, 0.1) is 0 Å². The van der Waals surface area contributed by atoms with Crippen molar-refractivity contribution >= 4 is 16.7 Å². The molecule has 1 N–H and O–H groups in total. The number of pyridine rings is 1. The van der Waals surface area contributed by atoms with Crippen LogP contribution in [0.5, 0.6) is 0 Å². The zero-order valence-electron chi connectivity index (χ0n) is 9.46. The van der Waals surface area contributed by atoms with Gasteiger partial charge in [-0.05, 0) is 30.0 Å². The summed E-state index contributed by atoms with van der Waals surface area (Å²) < 4.78 is 4.77. The number of fused-ring (bicyclic) bond motifs is 1. The number of benzene rings is 1. The van der Waals surface area contributed by atoms with E-state index in [0.29, 0.717) is 5.56 Å². The first-order valence-electron chi connectivity index (χ1n) is 5.40. The van der Waals surface area contributed by atoms with Gasteiger partial charge in [-0.15, -0.1) is 0 Å². The molecule has 1 aromatic carbocycles. The lowest BCUT2D eigenvalue weighted by molar-refractivity contribution is -0.153. The number of aromatic nitrogens is 1. The molecule has 0 saturated carbocycles. The van der Waals surface area contributed by atoms with Crippen LogP contribution in [-0.2, 0) is 9.53 Å². The van der Waals surface area contributed by atoms with Crippen LogP contribution in [-0.4, -0.2) is 22.7 Å². The highest BCUT2D eigenvalue weighted by Crippen LogP contribution is 2.20. The van der Waals surface area contributed by atoms with Crippen molar-refractivity contribution in [1.29, 1.82) is 0 Å². The van der Waals surface area contributed by atoms with E-state index in [2.05, 4.69) is 4.98 Å². The zero-order chi connectivity index (χ0) is 12.3. The normalized spacial score (nSPS) is 12.4. The topological polar surface area (TPSA) is 59.4 Å². The summed E-state index contributed by atoms with van der Waals surface area (Å²) in [7, 11) is 0. The van der Waals surface area contributed by atoms with Crippen molar-refractivity contribution in [3.8, 4) is 0 Å². The van der Waals surface area contributed by atoms with Crippen molar-refractivity contribution in [2.75, 3.05) is 6.61 Å². The van der Waals surface area contributed by atoms with E-state index < -0.39 is 12.1 Å². The second-order valence-corrected chi connectivity index (χ2v) is 3.64. The Kier molecular flexibility index (Phi) is 3.35. The van der Waals surface area contributed by atoms with Crippen LogP contribution >= 0.6 is 0 Å². The number of carbonyl (C=O) groups excluding carboxylic acids is 1. The lowest BCUT2D eigenvalue weighted by atomic mass is 10.1. The van der Waals surface area contributed by atoms with Gasteiger partial charge in [0, 0.05) is 17.8 Å². The Labute approximate surface area is 98.9 Å². The molecule has 0 radical (unpaired) electrons. The predicted octanol–water partition coefficient (Wildman–Crippen LogP) is 1.83. The third-order valence-electron chi connectivity index (χ3n) is 2.49. The number of hydrogen-bond donors (Lipinski definition) is 1. The molecule has 4 nitrogen and oxygen atoms in total. The first-order valence-corrected chi connectivity index (χ1v) is 5.40. The fourth-order valence-electron chi connectivity index (χ4n) is 1.63. The van der Waals surface area contributed by atoms with E-state index in [4.69, 9.17) is 4.74 Å². The Balaban J connectivity index is 2.32. The van der Waals surface area contributed by atoms with E-state index in [9.17, 15) is 9.90 Å². The predicted molar refractivity (Wildman–Crippen MR) is 63.3 cm³/mol. The number of hydrogen-bond acceptors (Lipinski definition) is 4. The first-order chi connectivity index (χ1) is 8.22. The van der Waals surface area contributed by atoms with Crippen LogP contribution in [0.2, 0.25) is 0 Å². The third kappa shape index (κ3) is 2.42. The molecule has 0 aliphatic carbocycles. The molecule has 2 aromatic rings. The lowest BCUT2D eigenvalue weighted by Crippen LogP contribution is -2.15. The molecule has 1 unspecified atom stereocenters. The van der Waals surface area contributed by atoms with E-state index in [1.165, 1.54) is 0 Å². The summed E-state index contributed by atoms with van der Waals surface area (Å²) in [4.78, 5) is 15.4. The van der Waals surface area contributed by atoms with Gasteiger partial charge in [-0.2, -0.15) is 0 Å². The van der Waals surface area contributed by atoms with E-state index in [0.717, 1.165) is 10.8 Å². The number of rotatable bonds is 3. The van der Waals surface area contributed by atoms with Gasteiger partial charge in [-0.25, -0.2) is 4.79 Å². The minimum Gasteiger partial charge on any atom is -0.464 e. The molecule has 0 bridgehead atoms.